The molecule has 0 spiro atoms. The normalized spacial score (nSPS) is 13.3. The predicted octanol–water partition coefficient (Wildman–Crippen LogP) is 1.25. The van der Waals surface area contributed by atoms with Crippen molar-refractivity contribution in [2.45, 2.75) is 33.0 Å². The molecule has 0 fully saturated rings. The minimum absolute atomic E-state index is 0.156. The standard InChI is InChI=1S/C18H30N2O5/c1-4-24-12-17(22)10-20(11-18(23)13-25-5-2)16-8-6-7-15(9-16)19-14(3)21/h6-9,17-18,22-23H,4-5,10-13H2,1-3H3,(H,19,21). The van der Waals surface area contributed by atoms with E-state index in [0.717, 1.165) is 5.69 Å². The van der Waals surface area contributed by atoms with E-state index in [1.165, 1.54) is 6.92 Å². The van der Waals surface area contributed by atoms with Crippen molar-refractivity contribution in [3.05, 3.63) is 24.3 Å². The summed E-state index contributed by atoms with van der Waals surface area (Å²) in [6.45, 7) is 7.28. The number of benzene rings is 1. The van der Waals surface area contributed by atoms with Gasteiger partial charge in [-0.05, 0) is 32.0 Å². The second kappa shape index (κ2) is 11.8. The summed E-state index contributed by atoms with van der Waals surface area (Å²) in [5, 5.41) is 23.1. The molecule has 142 valence electrons. The van der Waals surface area contributed by atoms with Gasteiger partial charge in [-0.15, -0.1) is 0 Å². The van der Waals surface area contributed by atoms with Crippen LogP contribution in [0.4, 0.5) is 11.4 Å². The second-order valence-electron chi connectivity index (χ2n) is 5.76. The van der Waals surface area contributed by atoms with Crippen LogP contribution in [0.3, 0.4) is 0 Å². The molecule has 0 bridgehead atoms. The van der Waals surface area contributed by atoms with Crippen molar-refractivity contribution in [2.75, 3.05) is 49.7 Å². The number of amides is 1. The summed E-state index contributed by atoms with van der Waals surface area (Å²) >= 11 is 0. The number of rotatable bonds is 12. The first-order valence-electron chi connectivity index (χ1n) is 8.60. The lowest BCUT2D eigenvalue weighted by Gasteiger charge is -2.29. The maximum absolute atomic E-state index is 11.2. The highest BCUT2D eigenvalue weighted by atomic mass is 16.5. The van der Waals surface area contributed by atoms with Gasteiger partial charge in [0.25, 0.3) is 0 Å². The first-order chi connectivity index (χ1) is 12.0. The largest absolute Gasteiger partial charge is 0.389 e. The quantitative estimate of drug-likeness (QED) is 0.523. The van der Waals surface area contributed by atoms with Gasteiger partial charge in [0.15, 0.2) is 0 Å². The molecule has 1 aromatic rings. The van der Waals surface area contributed by atoms with Gasteiger partial charge in [-0.25, -0.2) is 0 Å². The lowest BCUT2D eigenvalue weighted by atomic mass is 10.2. The molecule has 0 aliphatic heterocycles. The molecule has 0 radical (unpaired) electrons. The van der Waals surface area contributed by atoms with Crippen LogP contribution in [0.25, 0.3) is 0 Å². The minimum atomic E-state index is -0.691. The van der Waals surface area contributed by atoms with Crippen LogP contribution in [0.15, 0.2) is 24.3 Å². The molecule has 25 heavy (non-hydrogen) atoms. The summed E-state index contributed by atoms with van der Waals surface area (Å²) in [6, 6.07) is 7.28. The Bertz CT molecular complexity index is 496. The summed E-state index contributed by atoms with van der Waals surface area (Å²) in [5.74, 6) is -0.156. The molecule has 1 amide bonds. The molecule has 0 saturated carbocycles. The predicted molar refractivity (Wildman–Crippen MR) is 98.0 cm³/mol. The summed E-state index contributed by atoms with van der Waals surface area (Å²) in [5.41, 5.74) is 1.45. The van der Waals surface area contributed by atoms with Crippen molar-refractivity contribution < 1.29 is 24.5 Å². The van der Waals surface area contributed by atoms with Gasteiger partial charge < -0.3 is 29.9 Å². The van der Waals surface area contributed by atoms with Crippen LogP contribution in [0.2, 0.25) is 0 Å². The molecule has 0 heterocycles. The molecular weight excluding hydrogens is 324 g/mol. The van der Waals surface area contributed by atoms with Gasteiger partial charge in [-0.2, -0.15) is 0 Å². The Morgan fingerprint density at radius 2 is 1.68 bits per heavy atom. The summed E-state index contributed by atoms with van der Waals surface area (Å²) in [6.07, 6.45) is -1.38. The Morgan fingerprint density at radius 1 is 1.12 bits per heavy atom. The van der Waals surface area contributed by atoms with Gasteiger partial charge in [-0.1, -0.05) is 6.07 Å². The Labute approximate surface area is 149 Å². The Hall–Kier alpha value is -1.67. The van der Waals surface area contributed by atoms with Crippen LogP contribution in [0.1, 0.15) is 20.8 Å². The fourth-order valence-electron chi connectivity index (χ4n) is 2.39. The third-order valence-electron chi connectivity index (χ3n) is 3.42. The molecule has 7 nitrogen and oxygen atoms in total. The van der Waals surface area contributed by atoms with Crippen molar-refractivity contribution >= 4 is 17.3 Å². The van der Waals surface area contributed by atoms with Crippen LogP contribution in [0.5, 0.6) is 0 Å². The van der Waals surface area contributed by atoms with Crippen LogP contribution in [-0.4, -0.2) is 67.8 Å². The number of carbonyl (C=O) groups is 1. The molecule has 7 heteroatoms. The van der Waals surface area contributed by atoms with Crippen LogP contribution in [0, 0.1) is 0 Å². The van der Waals surface area contributed by atoms with Gasteiger partial charge in [-0.3, -0.25) is 4.79 Å². The zero-order valence-corrected chi connectivity index (χ0v) is 15.3. The molecule has 1 rings (SSSR count). The summed E-state index contributed by atoms with van der Waals surface area (Å²) in [4.78, 5) is 13.1. The number of aliphatic hydroxyl groups is 2. The Balaban J connectivity index is 2.86. The van der Waals surface area contributed by atoms with E-state index in [0.29, 0.717) is 32.0 Å². The molecule has 1 aromatic carbocycles. The van der Waals surface area contributed by atoms with E-state index in [9.17, 15) is 15.0 Å². The van der Waals surface area contributed by atoms with E-state index in [4.69, 9.17) is 9.47 Å². The van der Waals surface area contributed by atoms with Gasteiger partial charge in [0, 0.05) is 44.6 Å². The van der Waals surface area contributed by atoms with Gasteiger partial charge in [0.1, 0.15) is 0 Å². The first-order valence-corrected chi connectivity index (χ1v) is 8.60. The maximum Gasteiger partial charge on any atom is 0.221 e. The average molecular weight is 354 g/mol. The fourth-order valence-corrected chi connectivity index (χ4v) is 2.39. The second-order valence-corrected chi connectivity index (χ2v) is 5.76. The third kappa shape index (κ3) is 8.83. The van der Waals surface area contributed by atoms with Crippen LogP contribution < -0.4 is 10.2 Å². The van der Waals surface area contributed by atoms with Gasteiger partial charge >= 0.3 is 0 Å². The lowest BCUT2D eigenvalue weighted by molar-refractivity contribution is -0.114. The van der Waals surface area contributed by atoms with Crippen molar-refractivity contribution in [1.29, 1.82) is 0 Å². The van der Waals surface area contributed by atoms with Gasteiger partial charge in [0.2, 0.25) is 5.91 Å². The van der Waals surface area contributed by atoms with E-state index in [1.54, 1.807) is 6.07 Å². The molecule has 0 aromatic heterocycles. The zero-order valence-electron chi connectivity index (χ0n) is 15.3. The van der Waals surface area contributed by atoms with E-state index >= 15 is 0 Å². The summed E-state index contributed by atoms with van der Waals surface area (Å²) < 4.78 is 10.5. The number of carbonyl (C=O) groups excluding carboxylic acids is 1. The van der Waals surface area contributed by atoms with Crippen molar-refractivity contribution in [2.24, 2.45) is 0 Å². The van der Waals surface area contributed by atoms with Gasteiger partial charge in [0.05, 0.1) is 25.4 Å². The zero-order chi connectivity index (χ0) is 18.7. The molecular formula is C18H30N2O5. The van der Waals surface area contributed by atoms with Crippen LogP contribution in [-0.2, 0) is 14.3 Å². The van der Waals surface area contributed by atoms with Crippen molar-refractivity contribution in [3.63, 3.8) is 0 Å². The molecule has 3 N–H and O–H groups in total. The number of nitrogens with zero attached hydrogens (tertiary/aromatic N) is 1. The molecule has 2 atom stereocenters. The third-order valence-corrected chi connectivity index (χ3v) is 3.42. The highest BCUT2D eigenvalue weighted by Crippen LogP contribution is 2.20. The Kier molecular flexibility index (Phi) is 10.1. The van der Waals surface area contributed by atoms with E-state index in [1.807, 2.05) is 36.9 Å². The lowest BCUT2D eigenvalue weighted by Crippen LogP contribution is -2.41. The minimum Gasteiger partial charge on any atom is -0.389 e. The highest BCUT2D eigenvalue weighted by molar-refractivity contribution is 5.89. The topological polar surface area (TPSA) is 91.3 Å². The fraction of sp³-hybridized carbons (Fsp3) is 0.611. The van der Waals surface area contributed by atoms with E-state index < -0.39 is 12.2 Å². The monoisotopic (exact) mass is 354 g/mol. The average Bonchev–Trinajstić information content (AvgIpc) is 2.57. The number of hydrogen-bond acceptors (Lipinski definition) is 6. The number of nitrogens with one attached hydrogen (secondary N) is 1. The molecule has 0 aliphatic rings. The highest BCUT2D eigenvalue weighted by Gasteiger charge is 2.17. The number of aliphatic hydroxyl groups excluding tert-OH is 2. The van der Waals surface area contributed by atoms with E-state index in [-0.39, 0.29) is 19.1 Å². The SMILES string of the molecule is CCOCC(O)CN(CC(O)COCC)c1cccc(NC(C)=O)c1. The number of ether oxygens (including phenoxy) is 2. The molecule has 0 saturated heterocycles. The maximum atomic E-state index is 11.2. The van der Waals surface area contributed by atoms with E-state index in [2.05, 4.69) is 5.32 Å². The first kappa shape index (κ1) is 21.4. The van der Waals surface area contributed by atoms with Crippen molar-refractivity contribution in [3.8, 4) is 0 Å². The molecule has 0 aliphatic carbocycles. The smallest absolute Gasteiger partial charge is 0.221 e. The van der Waals surface area contributed by atoms with Crippen LogP contribution >= 0.6 is 0 Å². The van der Waals surface area contributed by atoms with Crippen molar-refractivity contribution in [1.82, 2.24) is 0 Å². The Morgan fingerprint density at radius 3 is 2.16 bits per heavy atom. The summed E-state index contributed by atoms with van der Waals surface area (Å²) in [7, 11) is 0. The number of anilines is 2. The number of hydrogen-bond donors (Lipinski definition) is 3. The molecule has 2 unspecified atom stereocenters.